The number of likely N-dealkylation sites (N-methyl/N-ethyl adjacent to an activating group) is 1. The van der Waals surface area contributed by atoms with Gasteiger partial charge in [0.05, 0.1) is 0 Å². The Morgan fingerprint density at radius 1 is 1.62 bits per heavy atom. The lowest BCUT2D eigenvalue weighted by molar-refractivity contribution is -0.128. The van der Waals surface area contributed by atoms with Gasteiger partial charge in [-0.15, -0.1) is 0 Å². The third-order valence-electron chi connectivity index (χ3n) is 3.88. The smallest absolute Gasteiger partial charge is 0.238 e. The van der Waals surface area contributed by atoms with E-state index in [2.05, 4.69) is 10.6 Å². The van der Waals surface area contributed by atoms with Gasteiger partial charge in [0.1, 0.15) is 17.6 Å². The molecule has 3 N–H and O–H groups in total. The molecule has 0 aromatic heterocycles. The van der Waals surface area contributed by atoms with Gasteiger partial charge < -0.3 is 15.7 Å². The average molecular weight is 295 g/mol. The summed E-state index contributed by atoms with van der Waals surface area (Å²) in [5.74, 6) is -0.571. The van der Waals surface area contributed by atoms with Crippen LogP contribution >= 0.6 is 0 Å². The predicted molar refractivity (Wildman–Crippen MR) is 78.5 cm³/mol. The number of halogens is 1. The summed E-state index contributed by atoms with van der Waals surface area (Å²) in [5.41, 5.74) is 0.632. The Morgan fingerprint density at radius 2 is 2.38 bits per heavy atom. The molecule has 1 saturated heterocycles. The first-order valence-electron chi connectivity index (χ1n) is 7.27. The highest BCUT2D eigenvalue weighted by atomic mass is 19.1. The predicted octanol–water partition coefficient (Wildman–Crippen LogP) is 1.00. The average Bonchev–Trinajstić information content (AvgIpc) is 2.47. The van der Waals surface area contributed by atoms with Crippen LogP contribution in [0.25, 0.3) is 0 Å². The van der Waals surface area contributed by atoms with Gasteiger partial charge >= 0.3 is 0 Å². The van der Waals surface area contributed by atoms with Gasteiger partial charge in [0.2, 0.25) is 5.91 Å². The van der Waals surface area contributed by atoms with Crippen molar-refractivity contribution in [3.05, 3.63) is 29.6 Å². The van der Waals surface area contributed by atoms with E-state index < -0.39 is 5.82 Å². The van der Waals surface area contributed by atoms with Crippen LogP contribution in [-0.2, 0) is 4.79 Å². The first kappa shape index (κ1) is 15.7. The van der Waals surface area contributed by atoms with E-state index in [4.69, 9.17) is 0 Å². The summed E-state index contributed by atoms with van der Waals surface area (Å²) in [6.45, 7) is 6.43. The highest BCUT2D eigenvalue weighted by Gasteiger charge is 2.32. The van der Waals surface area contributed by atoms with Crippen molar-refractivity contribution in [3.8, 4) is 5.75 Å². The number of nitrogens with zero attached hydrogens (tertiary/aromatic N) is 1. The summed E-state index contributed by atoms with van der Waals surface area (Å²) in [6, 6.07) is 3.55. The number of carbonyl (C=O) groups is 1. The van der Waals surface area contributed by atoms with Crippen LogP contribution in [0.5, 0.6) is 5.75 Å². The molecule has 1 heterocycles. The molecule has 1 fully saturated rings. The van der Waals surface area contributed by atoms with Gasteiger partial charge in [0.25, 0.3) is 0 Å². The molecule has 1 aromatic carbocycles. The fourth-order valence-corrected chi connectivity index (χ4v) is 2.77. The molecule has 2 atom stereocenters. The Kier molecular flexibility index (Phi) is 5.14. The molecular weight excluding hydrogens is 273 g/mol. The number of hydrogen-bond acceptors (Lipinski definition) is 4. The van der Waals surface area contributed by atoms with Gasteiger partial charge in [-0.05, 0) is 19.9 Å². The molecule has 6 heteroatoms. The molecule has 0 bridgehead atoms. The summed E-state index contributed by atoms with van der Waals surface area (Å²) < 4.78 is 13.1. The van der Waals surface area contributed by atoms with E-state index in [0.717, 1.165) is 12.6 Å². The molecule has 0 spiro atoms. The van der Waals surface area contributed by atoms with Gasteiger partial charge in [0.15, 0.2) is 0 Å². The first-order chi connectivity index (χ1) is 10.0. The molecule has 1 amide bonds. The molecule has 2 rings (SSSR count). The number of carbonyl (C=O) groups excluding carboxylic acids is 1. The number of hydrogen-bond donors (Lipinski definition) is 3. The number of benzene rings is 1. The van der Waals surface area contributed by atoms with Crippen molar-refractivity contribution in [2.45, 2.75) is 25.9 Å². The van der Waals surface area contributed by atoms with Crippen LogP contribution in [0, 0.1) is 5.82 Å². The van der Waals surface area contributed by atoms with E-state index >= 15 is 0 Å². The Bertz CT molecular complexity index is 510. The number of nitrogens with one attached hydrogen (secondary N) is 2. The second-order valence-corrected chi connectivity index (χ2v) is 5.23. The number of phenolic OH excluding ortho intramolecular Hbond substituents is 1. The first-order valence-corrected chi connectivity index (χ1v) is 7.27. The molecular formula is C15H22FN3O2. The van der Waals surface area contributed by atoms with Crippen molar-refractivity contribution in [3.63, 3.8) is 0 Å². The lowest BCUT2D eigenvalue weighted by Crippen LogP contribution is -2.58. The van der Waals surface area contributed by atoms with Gasteiger partial charge in [-0.2, -0.15) is 0 Å². The zero-order valence-corrected chi connectivity index (χ0v) is 12.4. The summed E-state index contributed by atoms with van der Waals surface area (Å²) >= 11 is 0. The van der Waals surface area contributed by atoms with Crippen molar-refractivity contribution in [2.75, 3.05) is 26.2 Å². The molecule has 0 saturated carbocycles. The van der Waals surface area contributed by atoms with Gasteiger partial charge in [-0.25, -0.2) is 4.39 Å². The minimum atomic E-state index is -0.468. The number of phenols is 1. The Balaban J connectivity index is 2.21. The zero-order chi connectivity index (χ0) is 15.4. The molecule has 5 nitrogen and oxygen atoms in total. The third-order valence-corrected chi connectivity index (χ3v) is 3.88. The summed E-state index contributed by atoms with van der Waals surface area (Å²) in [7, 11) is 0. The SMILES string of the molecule is CCNC(=O)C1CNCCN1C(C)c1ccc(F)cc1O. The van der Waals surface area contributed by atoms with E-state index in [1.807, 2.05) is 18.7 Å². The lowest BCUT2D eigenvalue weighted by Gasteiger charge is -2.39. The van der Waals surface area contributed by atoms with E-state index in [9.17, 15) is 14.3 Å². The van der Waals surface area contributed by atoms with Crippen LogP contribution < -0.4 is 10.6 Å². The Hall–Kier alpha value is -1.66. The molecule has 1 aliphatic heterocycles. The summed E-state index contributed by atoms with van der Waals surface area (Å²) in [6.07, 6.45) is 0. The number of rotatable bonds is 4. The minimum Gasteiger partial charge on any atom is -0.508 e. The minimum absolute atomic E-state index is 0.0295. The quantitative estimate of drug-likeness (QED) is 0.775. The van der Waals surface area contributed by atoms with Crippen LogP contribution in [0.1, 0.15) is 25.5 Å². The van der Waals surface area contributed by atoms with E-state index in [1.54, 1.807) is 6.07 Å². The molecule has 0 radical (unpaired) electrons. The third kappa shape index (κ3) is 3.51. The van der Waals surface area contributed by atoms with Crippen molar-refractivity contribution in [1.29, 1.82) is 0 Å². The van der Waals surface area contributed by atoms with Crippen LogP contribution in [0.3, 0.4) is 0 Å². The number of amides is 1. The molecule has 1 aromatic rings. The van der Waals surface area contributed by atoms with E-state index in [1.165, 1.54) is 6.07 Å². The van der Waals surface area contributed by atoms with Crippen molar-refractivity contribution in [1.82, 2.24) is 15.5 Å². The van der Waals surface area contributed by atoms with Gasteiger partial charge in [-0.1, -0.05) is 6.07 Å². The normalized spacial score (nSPS) is 21.0. The van der Waals surface area contributed by atoms with Crippen LogP contribution in [0.4, 0.5) is 4.39 Å². The fraction of sp³-hybridized carbons (Fsp3) is 0.533. The maximum atomic E-state index is 13.1. The summed E-state index contributed by atoms with van der Waals surface area (Å²) in [4.78, 5) is 14.2. The monoisotopic (exact) mass is 295 g/mol. The molecule has 116 valence electrons. The summed E-state index contributed by atoms with van der Waals surface area (Å²) in [5, 5.41) is 16.0. The molecule has 2 unspecified atom stereocenters. The molecule has 21 heavy (non-hydrogen) atoms. The van der Waals surface area contributed by atoms with Gasteiger partial charge in [0, 0.05) is 43.9 Å². The maximum Gasteiger partial charge on any atom is 0.238 e. The molecule has 1 aliphatic rings. The van der Waals surface area contributed by atoms with E-state index in [0.29, 0.717) is 25.2 Å². The van der Waals surface area contributed by atoms with Crippen LogP contribution in [-0.4, -0.2) is 48.1 Å². The topological polar surface area (TPSA) is 64.6 Å². The van der Waals surface area contributed by atoms with Crippen LogP contribution in [0.15, 0.2) is 18.2 Å². The fourth-order valence-electron chi connectivity index (χ4n) is 2.77. The van der Waals surface area contributed by atoms with E-state index in [-0.39, 0.29) is 23.7 Å². The van der Waals surface area contributed by atoms with Crippen molar-refractivity contribution < 1.29 is 14.3 Å². The highest BCUT2D eigenvalue weighted by Crippen LogP contribution is 2.30. The Morgan fingerprint density at radius 3 is 3.05 bits per heavy atom. The number of aromatic hydroxyl groups is 1. The largest absolute Gasteiger partial charge is 0.508 e. The van der Waals surface area contributed by atoms with Gasteiger partial charge in [-0.3, -0.25) is 9.69 Å². The van der Waals surface area contributed by atoms with Crippen molar-refractivity contribution >= 4 is 5.91 Å². The molecule has 0 aliphatic carbocycles. The standard InChI is InChI=1S/C15H22FN3O2/c1-3-18-15(21)13-9-17-6-7-19(13)10(2)12-5-4-11(16)8-14(12)20/h4-5,8,10,13,17,20H,3,6-7,9H2,1-2H3,(H,18,21). The zero-order valence-electron chi connectivity index (χ0n) is 12.4. The number of piperazine rings is 1. The lowest BCUT2D eigenvalue weighted by atomic mass is 10.0. The van der Waals surface area contributed by atoms with Crippen LogP contribution in [0.2, 0.25) is 0 Å². The Labute approximate surface area is 124 Å². The maximum absolute atomic E-state index is 13.1. The van der Waals surface area contributed by atoms with Crippen molar-refractivity contribution in [2.24, 2.45) is 0 Å². The second kappa shape index (κ2) is 6.87. The highest BCUT2D eigenvalue weighted by molar-refractivity contribution is 5.82. The second-order valence-electron chi connectivity index (χ2n) is 5.23.